The van der Waals surface area contributed by atoms with E-state index in [9.17, 15) is 4.79 Å². The highest BCUT2D eigenvalue weighted by Crippen LogP contribution is 2.28. The zero-order valence-corrected chi connectivity index (χ0v) is 16.3. The van der Waals surface area contributed by atoms with E-state index in [1.165, 1.54) is 11.0 Å². The zero-order chi connectivity index (χ0) is 19.5. The van der Waals surface area contributed by atoms with Crippen LogP contribution in [0.3, 0.4) is 0 Å². The van der Waals surface area contributed by atoms with Crippen LogP contribution in [0.4, 0.5) is 11.5 Å². The number of rotatable bonds is 4. The molecule has 3 aromatic rings. The minimum atomic E-state index is -0.180. The molecule has 1 aliphatic heterocycles. The van der Waals surface area contributed by atoms with E-state index in [4.69, 9.17) is 23.2 Å². The molecule has 10 heteroatoms. The monoisotopic (exact) mass is 417 g/mol. The van der Waals surface area contributed by atoms with Crippen molar-refractivity contribution in [3.05, 3.63) is 53.0 Å². The van der Waals surface area contributed by atoms with Crippen LogP contribution in [0.1, 0.15) is 12.8 Å². The van der Waals surface area contributed by atoms with Crippen molar-refractivity contribution in [2.45, 2.75) is 12.8 Å². The lowest BCUT2D eigenvalue weighted by Gasteiger charge is -2.32. The number of carbonyl (C=O) groups excluding carboxylic acids is 1. The maximum atomic E-state index is 12.7. The number of nitrogens with one attached hydrogen (secondary N) is 1. The Balaban J connectivity index is 1.44. The third-order valence-corrected chi connectivity index (χ3v) is 5.16. The Morgan fingerprint density at radius 2 is 1.96 bits per heavy atom. The molecule has 0 radical (unpaired) electrons. The van der Waals surface area contributed by atoms with Gasteiger partial charge in [0, 0.05) is 18.1 Å². The molecule has 1 unspecified atom stereocenters. The number of benzene rings is 1. The molecule has 0 saturated carbocycles. The minimum Gasteiger partial charge on any atom is -0.354 e. The number of hydrogen-bond donors (Lipinski definition) is 1. The molecule has 1 atom stereocenters. The smallest absolute Gasteiger partial charge is 0.229 e. The summed E-state index contributed by atoms with van der Waals surface area (Å²) in [5, 5.41) is 16.4. The van der Waals surface area contributed by atoms with Gasteiger partial charge in [0.05, 0.1) is 16.6 Å². The molecule has 0 aliphatic carbocycles. The van der Waals surface area contributed by atoms with E-state index < -0.39 is 0 Å². The average Bonchev–Trinajstić information content (AvgIpc) is 3.26. The Kier molecular flexibility index (Phi) is 5.40. The molecule has 0 bridgehead atoms. The van der Waals surface area contributed by atoms with E-state index in [-0.39, 0.29) is 11.8 Å². The molecule has 1 aliphatic rings. The molecule has 2 aromatic heterocycles. The highest BCUT2D eigenvalue weighted by Gasteiger charge is 2.27. The maximum Gasteiger partial charge on any atom is 0.229 e. The first-order valence-electron chi connectivity index (χ1n) is 8.80. The second-order valence-corrected chi connectivity index (χ2v) is 7.33. The standard InChI is InChI=1S/C18H17Cl2N7O/c19-13-3-4-14(20)15(8-13)23-18(28)12-2-1-7-26(9-12)16-5-6-17(25-24-16)27-11-21-10-22-27/h3-6,8,10-12H,1-2,7,9H2,(H,23,28). The van der Waals surface area contributed by atoms with Crippen molar-refractivity contribution in [3.63, 3.8) is 0 Å². The SMILES string of the molecule is O=C(Nc1cc(Cl)ccc1Cl)C1CCCN(c2ccc(-n3cncn3)nn2)C1. The summed E-state index contributed by atoms with van der Waals surface area (Å²) in [6.07, 6.45) is 4.68. The van der Waals surface area contributed by atoms with Crippen molar-refractivity contribution in [1.82, 2.24) is 25.0 Å². The lowest BCUT2D eigenvalue weighted by molar-refractivity contribution is -0.120. The first-order chi connectivity index (χ1) is 13.6. The van der Waals surface area contributed by atoms with Gasteiger partial charge >= 0.3 is 0 Å². The van der Waals surface area contributed by atoms with E-state index in [1.807, 2.05) is 12.1 Å². The van der Waals surface area contributed by atoms with Crippen molar-refractivity contribution in [2.75, 3.05) is 23.3 Å². The van der Waals surface area contributed by atoms with Crippen LogP contribution in [-0.4, -0.2) is 44.0 Å². The summed E-state index contributed by atoms with van der Waals surface area (Å²) in [5.74, 6) is 1.05. The van der Waals surface area contributed by atoms with Gasteiger partial charge in [-0.3, -0.25) is 4.79 Å². The quantitative estimate of drug-likeness (QED) is 0.700. The fourth-order valence-corrected chi connectivity index (χ4v) is 3.50. The molecular formula is C18H17Cl2N7O. The van der Waals surface area contributed by atoms with Crippen LogP contribution in [0.25, 0.3) is 5.82 Å². The van der Waals surface area contributed by atoms with Crippen LogP contribution in [0.5, 0.6) is 0 Å². The fourth-order valence-electron chi connectivity index (χ4n) is 3.16. The van der Waals surface area contributed by atoms with Crippen LogP contribution >= 0.6 is 23.2 Å². The summed E-state index contributed by atoms with van der Waals surface area (Å²) in [6.45, 7) is 1.38. The molecule has 0 spiro atoms. The lowest BCUT2D eigenvalue weighted by atomic mass is 9.97. The number of aromatic nitrogens is 5. The van der Waals surface area contributed by atoms with E-state index in [0.29, 0.717) is 28.1 Å². The summed E-state index contributed by atoms with van der Waals surface area (Å²) in [7, 11) is 0. The zero-order valence-electron chi connectivity index (χ0n) is 14.8. The molecule has 8 nitrogen and oxygen atoms in total. The van der Waals surface area contributed by atoms with E-state index in [1.54, 1.807) is 24.5 Å². The highest BCUT2D eigenvalue weighted by molar-refractivity contribution is 6.35. The molecule has 1 fully saturated rings. The predicted octanol–water partition coefficient (Wildman–Crippen LogP) is 3.22. The Bertz CT molecular complexity index is 963. The fraction of sp³-hybridized carbons (Fsp3) is 0.278. The third-order valence-electron chi connectivity index (χ3n) is 4.59. The Labute approximate surface area is 171 Å². The summed E-state index contributed by atoms with van der Waals surface area (Å²) in [6, 6.07) is 8.70. The topological polar surface area (TPSA) is 88.8 Å². The normalized spacial score (nSPS) is 16.8. The van der Waals surface area contributed by atoms with E-state index >= 15 is 0 Å². The van der Waals surface area contributed by atoms with Crippen molar-refractivity contribution in [2.24, 2.45) is 5.92 Å². The summed E-state index contributed by atoms with van der Waals surface area (Å²) in [4.78, 5) is 18.7. The van der Waals surface area contributed by atoms with Gasteiger partial charge in [0.1, 0.15) is 12.7 Å². The molecule has 3 heterocycles. The number of carbonyl (C=O) groups is 1. The van der Waals surface area contributed by atoms with Crippen molar-refractivity contribution < 1.29 is 4.79 Å². The number of anilines is 2. The number of halogens is 2. The average molecular weight is 418 g/mol. The minimum absolute atomic E-state index is 0.0824. The summed E-state index contributed by atoms with van der Waals surface area (Å²) < 4.78 is 1.54. The maximum absolute atomic E-state index is 12.7. The first kappa shape index (κ1) is 18.6. The Hall–Kier alpha value is -2.71. The molecule has 28 heavy (non-hydrogen) atoms. The molecule has 1 saturated heterocycles. The van der Waals surface area contributed by atoms with Crippen molar-refractivity contribution in [3.8, 4) is 5.82 Å². The van der Waals surface area contributed by atoms with Gasteiger partial charge in [-0.2, -0.15) is 5.10 Å². The number of nitrogens with zero attached hydrogens (tertiary/aromatic N) is 6. The number of hydrogen-bond acceptors (Lipinski definition) is 6. The number of amides is 1. The van der Waals surface area contributed by atoms with Gasteiger partial charge in [-0.05, 0) is 43.2 Å². The van der Waals surface area contributed by atoms with Crippen LogP contribution in [0, 0.1) is 5.92 Å². The van der Waals surface area contributed by atoms with Crippen LogP contribution in [0.2, 0.25) is 10.0 Å². The van der Waals surface area contributed by atoms with Gasteiger partial charge in [-0.15, -0.1) is 10.2 Å². The number of piperidine rings is 1. The molecular weight excluding hydrogens is 401 g/mol. The van der Waals surface area contributed by atoms with Gasteiger partial charge in [0.2, 0.25) is 5.91 Å². The predicted molar refractivity (Wildman–Crippen MR) is 107 cm³/mol. The van der Waals surface area contributed by atoms with Gasteiger partial charge in [-0.1, -0.05) is 23.2 Å². The van der Waals surface area contributed by atoms with Gasteiger partial charge < -0.3 is 10.2 Å². The first-order valence-corrected chi connectivity index (χ1v) is 9.55. The summed E-state index contributed by atoms with van der Waals surface area (Å²) in [5.41, 5.74) is 0.522. The lowest BCUT2D eigenvalue weighted by Crippen LogP contribution is -2.41. The van der Waals surface area contributed by atoms with Crippen LogP contribution in [0.15, 0.2) is 43.0 Å². The highest BCUT2D eigenvalue weighted by atomic mass is 35.5. The van der Waals surface area contributed by atoms with Crippen molar-refractivity contribution >= 4 is 40.6 Å². The molecule has 4 rings (SSSR count). The summed E-state index contributed by atoms with van der Waals surface area (Å²) >= 11 is 12.1. The molecule has 1 N–H and O–H groups in total. The second-order valence-electron chi connectivity index (χ2n) is 6.49. The third kappa shape index (κ3) is 4.07. The van der Waals surface area contributed by atoms with Gasteiger partial charge in [0.15, 0.2) is 11.6 Å². The Morgan fingerprint density at radius 1 is 1.14 bits per heavy atom. The largest absolute Gasteiger partial charge is 0.354 e. The van der Waals surface area contributed by atoms with Crippen LogP contribution in [-0.2, 0) is 4.79 Å². The second kappa shape index (κ2) is 8.12. The van der Waals surface area contributed by atoms with E-state index in [0.717, 1.165) is 25.2 Å². The van der Waals surface area contributed by atoms with Gasteiger partial charge in [0.25, 0.3) is 0 Å². The van der Waals surface area contributed by atoms with Crippen LogP contribution < -0.4 is 10.2 Å². The Morgan fingerprint density at radius 3 is 2.71 bits per heavy atom. The van der Waals surface area contributed by atoms with Gasteiger partial charge in [-0.25, -0.2) is 9.67 Å². The molecule has 1 aromatic carbocycles. The van der Waals surface area contributed by atoms with Crippen molar-refractivity contribution in [1.29, 1.82) is 0 Å². The van der Waals surface area contributed by atoms with E-state index in [2.05, 4.69) is 30.5 Å². The molecule has 144 valence electrons. The molecule has 1 amide bonds.